The second-order valence-corrected chi connectivity index (χ2v) is 4.35. The third-order valence-electron chi connectivity index (χ3n) is 2.65. The van der Waals surface area contributed by atoms with Crippen LogP contribution in [0.5, 0.6) is 11.5 Å². The van der Waals surface area contributed by atoms with Crippen LogP contribution in [-0.4, -0.2) is 32.2 Å². The molecule has 0 unspecified atom stereocenters. The third-order valence-corrected chi connectivity index (χ3v) is 2.65. The first-order valence-corrected chi connectivity index (χ1v) is 7.08. The molecule has 0 fully saturated rings. The first-order valence-electron chi connectivity index (χ1n) is 7.08. The van der Waals surface area contributed by atoms with Crippen molar-refractivity contribution in [2.24, 2.45) is 5.73 Å². The van der Waals surface area contributed by atoms with Crippen molar-refractivity contribution in [3.63, 3.8) is 0 Å². The molecule has 3 N–H and O–H groups in total. The van der Waals surface area contributed by atoms with Crippen molar-refractivity contribution in [3.8, 4) is 11.5 Å². The fourth-order valence-electron chi connectivity index (χ4n) is 1.64. The topological polar surface area (TPSA) is 73.6 Å². The van der Waals surface area contributed by atoms with Crippen LogP contribution in [0.2, 0.25) is 0 Å². The fourth-order valence-corrected chi connectivity index (χ4v) is 1.64. The SMILES string of the molecule is CCOc1ccc(OCCCC(=O)NCCCN)cc1. The Balaban J connectivity index is 2.12. The maximum Gasteiger partial charge on any atom is 0.220 e. The van der Waals surface area contributed by atoms with Gasteiger partial charge in [-0.25, -0.2) is 0 Å². The van der Waals surface area contributed by atoms with E-state index >= 15 is 0 Å². The second-order valence-electron chi connectivity index (χ2n) is 4.35. The highest BCUT2D eigenvalue weighted by Crippen LogP contribution is 2.17. The average Bonchev–Trinajstić information content (AvgIpc) is 2.46. The van der Waals surface area contributed by atoms with E-state index in [2.05, 4.69) is 5.32 Å². The van der Waals surface area contributed by atoms with Gasteiger partial charge in [0, 0.05) is 13.0 Å². The van der Waals surface area contributed by atoms with Crippen molar-refractivity contribution in [1.29, 1.82) is 0 Å². The summed E-state index contributed by atoms with van der Waals surface area (Å²) in [5.41, 5.74) is 5.35. The molecule has 20 heavy (non-hydrogen) atoms. The molecule has 0 atom stereocenters. The van der Waals surface area contributed by atoms with Gasteiger partial charge in [-0.3, -0.25) is 4.79 Å². The Bertz CT molecular complexity index is 379. The minimum Gasteiger partial charge on any atom is -0.494 e. The van der Waals surface area contributed by atoms with Gasteiger partial charge >= 0.3 is 0 Å². The molecule has 1 aromatic rings. The number of nitrogens with one attached hydrogen (secondary N) is 1. The van der Waals surface area contributed by atoms with E-state index in [-0.39, 0.29) is 5.91 Å². The highest BCUT2D eigenvalue weighted by molar-refractivity contribution is 5.75. The summed E-state index contributed by atoms with van der Waals surface area (Å²) in [7, 11) is 0. The molecule has 0 aromatic heterocycles. The van der Waals surface area contributed by atoms with Crippen LogP contribution in [0.25, 0.3) is 0 Å². The van der Waals surface area contributed by atoms with Crippen LogP contribution in [0.3, 0.4) is 0 Å². The third kappa shape index (κ3) is 6.99. The quantitative estimate of drug-likeness (QED) is 0.640. The minimum absolute atomic E-state index is 0.0498. The van der Waals surface area contributed by atoms with E-state index in [9.17, 15) is 4.79 Å². The Hall–Kier alpha value is -1.75. The van der Waals surface area contributed by atoms with Crippen LogP contribution in [-0.2, 0) is 4.79 Å². The number of carbonyl (C=O) groups is 1. The molecule has 0 bridgehead atoms. The highest BCUT2D eigenvalue weighted by atomic mass is 16.5. The lowest BCUT2D eigenvalue weighted by molar-refractivity contribution is -0.121. The normalized spacial score (nSPS) is 10.1. The lowest BCUT2D eigenvalue weighted by atomic mass is 10.3. The van der Waals surface area contributed by atoms with Crippen LogP contribution < -0.4 is 20.5 Å². The summed E-state index contributed by atoms with van der Waals surface area (Å²) in [6.07, 6.45) is 1.98. The first kappa shape index (κ1) is 16.3. The van der Waals surface area contributed by atoms with Gasteiger partial charge in [-0.2, -0.15) is 0 Å². The standard InChI is InChI=1S/C15H24N2O3/c1-2-19-13-6-8-14(9-7-13)20-12-3-5-15(18)17-11-4-10-16/h6-9H,2-5,10-12,16H2,1H3,(H,17,18). The molecule has 0 spiro atoms. The van der Waals surface area contributed by atoms with Crippen LogP contribution >= 0.6 is 0 Å². The van der Waals surface area contributed by atoms with Crippen LogP contribution in [0.4, 0.5) is 0 Å². The number of nitrogens with two attached hydrogens (primary N) is 1. The van der Waals surface area contributed by atoms with E-state index in [1.807, 2.05) is 31.2 Å². The molecular weight excluding hydrogens is 256 g/mol. The van der Waals surface area contributed by atoms with E-state index in [1.165, 1.54) is 0 Å². The largest absolute Gasteiger partial charge is 0.494 e. The summed E-state index contributed by atoms with van der Waals surface area (Å²) in [4.78, 5) is 11.4. The van der Waals surface area contributed by atoms with Gasteiger partial charge in [0.15, 0.2) is 0 Å². The Morgan fingerprint density at radius 1 is 1.15 bits per heavy atom. The molecule has 0 radical (unpaired) electrons. The molecule has 0 saturated heterocycles. The molecule has 5 nitrogen and oxygen atoms in total. The molecule has 0 aliphatic rings. The maximum atomic E-state index is 11.4. The smallest absolute Gasteiger partial charge is 0.220 e. The van der Waals surface area contributed by atoms with Gasteiger partial charge in [-0.1, -0.05) is 0 Å². The molecule has 0 aliphatic heterocycles. The van der Waals surface area contributed by atoms with Crippen LogP contribution in [0.1, 0.15) is 26.2 Å². The summed E-state index contributed by atoms with van der Waals surface area (Å²) >= 11 is 0. The van der Waals surface area contributed by atoms with E-state index in [4.69, 9.17) is 15.2 Å². The molecule has 0 saturated carbocycles. The van der Waals surface area contributed by atoms with Crippen LogP contribution in [0.15, 0.2) is 24.3 Å². The average molecular weight is 280 g/mol. The lowest BCUT2D eigenvalue weighted by Crippen LogP contribution is -2.26. The maximum absolute atomic E-state index is 11.4. The number of benzene rings is 1. The van der Waals surface area contributed by atoms with E-state index in [0.717, 1.165) is 17.9 Å². The van der Waals surface area contributed by atoms with Crippen molar-refractivity contribution in [1.82, 2.24) is 5.32 Å². The van der Waals surface area contributed by atoms with Gasteiger partial charge in [-0.15, -0.1) is 0 Å². The Morgan fingerprint density at radius 3 is 2.40 bits per heavy atom. The fraction of sp³-hybridized carbons (Fsp3) is 0.533. The van der Waals surface area contributed by atoms with Gasteiger partial charge in [0.25, 0.3) is 0 Å². The first-order chi connectivity index (χ1) is 9.76. The summed E-state index contributed by atoms with van der Waals surface area (Å²) in [5, 5.41) is 2.81. The molecular formula is C15H24N2O3. The zero-order chi connectivity index (χ0) is 14.6. The predicted molar refractivity (Wildman–Crippen MR) is 79.0 cm³/mol. The summed E-state index contributed by atoms with van der Waals surface area (Å²) in [6, 6.07) is 7.48. The van der Waals surface area contributed by atoms with Crippen molar-refractivity contribution in [3.05, 3.63) is 24.3 Å². The predicted octanol–water partition coefficient (Wildman–Crippen LogP) is 1.71. The number of ether oxygens (including phenoxy) is 2. The highest BCUT2D eigenvalue weighted by Gasteiger charge is 2.01. The van der Waals surface area contributed by atoms with E-state index < -0.39 is 0 Å². The number of amides is 1. The zero-order valence-electron chi connectivity index (χ0n) is 12.1. The molecule has 0 aliphatic carbocycles. The van der Waals surface area contributed by atoms with Gasteiger partial charge < -0.3 is 20.5 Å². The molecule has 1 rings (SSSR count). The molecule has 1 amide bonds. The molecule has 5 heteroatoms. The van der Waals surface area contributed by atoms with Crippen molar-refractivity contribution in [2.45, 2.75) is 26.2 Å². The number of hydrogen-bond acceptors (Lipinski definition) is 4. The van der Waals surface area contributed by atoms with Crippen LogP contribution in [0, 0.1) is 0 Å². The Morgan fingerprint density at radius 2 is 1.80 bits per heavy atom. The summed E-state index contributed by atoms with van der Waals surface area (Å²) < 4.78 is 10.9. The lowest BCUT2D eigenvalue weighted by Gasteiger charge is -2.08. The van der Waals surface area contributed by atoms with Crippen molar-refractivity contribution < 1.29 is 14.3 Å². The second kappa shape index (κ2) is 10.1. The Labute approximate surface area is 120 Å². The Kier molecular flexibility index (Phi) is 8.22. The number of hydrogen-bond donors (Lipinski definition) is 2. The van der Waals surface area contributed by atoms with E-state index in [0.29, 0.717) is 39.1 Å². The van der Waals surface area contributed by atoms with Gasteiger partial charge in [0.2, 0.25) is 5.91 Å². The van der Waals surface area contributed by atoms with E-state index in [1.54, 1.807) is 0 Å². The summed E-state index contributed by atoms with van der Waals surface area (Å²) in [5.74, 6) is 1.67. The zero-order valence-corrected chi connectivity index (χ0v) is 12.1. The minimum atomic E-state index is 0.0498. The molecule has 1 aromatic carbocycles. The van der Waals surface area contributed by atoms with Gasteiger partial charge in [-0.05, 0) is 50.6 Å². The van der Waals surface area contributed by atoms with Crippen molar-refractivity contribution >= 4 is 5.91 Å². The van der Waals surface area contributed by atoms with Gasteiger partial charge in [0.05, 0.1) is 13.2 Å². The number of carbonyl (C=O) groups excluding carboxylic acids is 1. The summed E-state index contributed by atoms with van der Waals surface area (Å²) in [6.45, 7) is 4.37. The van der Waals surface area contributed by atoms with Crippen molar-refractivity contribution in [2.75, 3.05) is 26.3 Å². The monoisotopic (exact) mass is 280 g/mol. The number of rotatable bonds is 10. The molecule has 0 heterocycles. The molecule has 112 valence electrons. The van der Waals surface area contributed by atoms with Gasteiger partial charge in [0.1, 0.15) is 11.5 Å².